The highest BCUT2D eigenvalue weighted by atomic mass is 16.3. The fourth-order valence-corrected chi connectivity index (χ4v) is 1.67. The smallest absolute Gasteiger partial charge is 0.118 e. The number of hydrogen-bond donors (Lipinski definition) is 4. The standard InChI is InChI=1S/C11H15N3O/c12-3-5-13-10-7-9(15)6-8-2-1-4-14-11(8)10/h1-2,6-7,13-15H,3-5,12H2. The quantitative estimate of drug-likeness (QED) is 0.560. The van der Waals surface area contributed by atoms with Crippen molar-refractivity contribution in [2.75, 3.05) is 30.3 Å². The van der Waals surface area contributed by atoms with Crippen LogP contribution in [0, 0.1) is 0 Å². The van der Waals surface area contributed by atoms with Crippen LogP contribution in [0.4, 0.5) is 11.4 Å². The van der Waals surface area contributed by atoms with Crippen molar-refractivity contribution in [3.05, 3.63) is 23.8 Å². The lowest BCUT2D eigenvalue weighted by atomic mass is 10.1. The van der Waals surface area contributed by atoms with E-state index in [0.717, 1.165) is 23.5 Å². The van der Waals surface area contributed by atoms with Crippen LogP contribution >= 0.6 is 0 Å². The largest absolute Gasteiger partial charge is 0.508 e. The summed E-state index contributed by atoms with van der Waals surface area (Å²) >= 11 is 0. The van der Waals surface area contributed by atoms with E-state index in [1.165, 1.54) is 0 Å². The van der Waals surface area contributed by atoms with Gasteiger partial charge in [0.2, 0.25) is 0 Å². The number of benzene rings is 1. The Balaban J connectivity index is 2.35. The summed E-state index contributed by atoms with van der Waals surface area (Å²) in [6, 6.07) is 3.45. The summed E-state index contributed by atoms with van der Waals surface area (Å²) < 4.78 is 0. The van der Waals surface area contributed by atoms with E-state index >= 15 is 0 Å². The van der Waals surface area contributed by atoms with Crippen LogP contribution in [0.3, 0.4) is 0 Å². The Morgan fingerprint density at radius 3 is 3.13 bits per heavy atom. The summed E-state index contributed by atoms with van der Waals surface area (Å²) in [5.74, 6) is 0.265. The van der Waals surface area contributed by atoms with Crippen LogP contribution in [-0.2, 0) is 0 Å². The third kappa shape index (κ3) is 2.05. The van der Waals surface area contributed by atoms with E-state index in [-0.39, 0.29) is 5.75 Å². The van der Waals surface area contributed by atoms with Crippen LogP contribution in [0.1, 0.15) is 5.56 Å². The highest BCUT2D eigenvalue weighted by Gasteiger charge is 2.10. The molecule has 0 fully saturated rings. The number of nitrogens with one attached hydrogen (secondary N) is 2. The molecule has 0 radical (unpaired) electrons. The molecule has 80 valence electrons. The van der Waals surface area contributed by atoms with Crippen LogP contribution in [-0.4, -0.2) is 24.7 Å². The summed E-state index contributed by atoms with van der Waals surface area (Å²) in [6.07, 6.45) is 4.02. The number of hydrogen-bond acceptors (Lipinski definition) is 4. The summed E-state index contributed by atoms with van der Waals surface area (Å²) in [5, 5.41) is 16.0. The van der Waals surface area contributed by atoms with Crippen LogP contribution in [0.5, 0.6) is 5.75 Å². The van der Waals surface area contributed by atoms with Gasteiger partial charge in [0, 0.05) is 31.3 Å². The van der Waals surface area contributed by atoms with Gasteiger partial charge in [-0.05, 0) is 6.07 Å². The van der Waals surface area contributed by atoms with Gasteiger partial charge in [0.05, 0.1) is 11.4 Å². The van der Waals surface area contributed by atoms with E-state index < -0.39 is 0 Å². The molecule has 0 aromatic heterocycles. The first-order valence-electron chi connectivity index (χ1n) is 5.02. The Kier molecular flexibility index (Phi) is 2.78. The summed E-state index contributed by atoms with van der Waals surface area (Å²) in [6.45, 7) is 2.08. The Hall–Kier alpha value is -1.68. The second-order valence-electron chi connectivity index (χ2n) is 3.46. The Labute approximate surface area is 88.8 Å². The monoisotopic (exact) mass is 205 g/mol. The van der Waals surface area contributed by atoms with Crippen molar-refractivity contribution >= 4 is 17.5 Å². The van der Waals surface area contributed by atoms with Gasteiger partial charge in [0.15, 0.2) is 0 Å². The van der Waals surface area contributed by atoms with Crippen molar-refractivity contribution in [2.24, 2.45) is 5.73 Å². The average Bonchev–Trinajstić information content (AvgIpc) is 2.25. The maximum atomic E-state index is 9.54. The van der Waals surface area contributed by atoms with Crippen molar-refractivity contribution in [3.8, 4) is 5.75 Å². The van der Waals surface area contributed by atoms with Gasteiger partial charge in [-0.25, -0.2) is 0 Å². The first-order chi connectivity index (χ1) is 7.31. The molecule has 5 N–H and O–H groups in total. The minimum absolute atomic E-state index is 0.265. The predicted octanol–water partition coefficient (Wildman–Crippen LogP) is 1.20. The Bertz CT molecular complexity index is 388. The van der Waals surface area contributed by atoms with Crippen LogP contribution in [0.2, 0.25) is 0 Å². The molecule has 1 heterocycles. The van der Waals surface area contributed by atoms with E-state index in [1.807, 2.05) is 12.2 Å². The minimum atomic E-state index is 0.265. The van der Waals surface area contributed by atoms with Gasteiger partial charge in [0.25, 0.3) is 0 Å². The maximum Gasteiger partial charge on any atom is 0.118 e. The zero-order valence-corrected chi connectivity index (χ0v) is 8.46. The van der Waals surface area contributed by atoms with Crippen LogP contribution < -0.4 is 16.4 Å². The SMILES string of the molecule is NCCNc1cc(O)cc2c1NCC=C2. The third-order valence-corrected chi connectivity index (χ3v) is 2.31. The fraction of sp³-hybridized carbons (Fsp3) is 0.273. The molecule has 1 aromatic rings. The van der Waals surface area contributed by atoms with Gasteiger partial charge in [0.1, 0.15) is 5.75 Å². The van der Waals surface area contributed by atoms with Gasteiger partial charge < -0.3 is 21.5 Å². The van der Waals surface area contributed by atoms with E-state index in [9.17, 15) is 5.11 Å². The van der Waals surface area contributed by atoms with Crippen molar-refractivity contribution in [1.82, 2.24) is 0 Å². The first kappa shape index (κ1) is 9.86. The van der Waals surface area contributed by atoms with E-state index in [4.69, 9.17) is 5.73 Å². The lowest BCUT2D eigenvalue weighted by molar-refractivity contribution is 0.475. The minimum Gasteiger partial charge on any atom is -0.508 e. The lowest BCUT2D eigenvalue weighted by Crippen LogP contribution is -2.15. The summed E-state index contributed by atoms with van der Waals surface area (Å²) in [5.41, 5.74) is 8.37. The first-order valence-corrected chi connectivity index (χ1v) is 5.02. The molecule has 0 bridgehead atoms. The molecule has 0 saturated carbocycles. The van der Waals surface area contributed by atoms with Gasteiger partial charge in [-0.2, -0.15) is 0 Å². The van der Waals surface area contributed by atoms with E-state index in [2.05, 4.69) is 10.6 Å². The van der Waals surface area contributed by atoms with Crippen LogP contribution in [0.25, 0.3) is 6.08 Å². The molecule has 1 aromatic carbocycles. The molecule has 4 nitrogen and oxygen atoms in total. The Morgan fingerprint density at radius 2 is 2.33 bits per heavy atom. The molecule has 2 rings (SSSR count). The molecule has 15 heavy (non-hydrogen) atoms. The maximum absolute atomic E-state index is 9.54. The number of aromatic hydroxyl groups is 1. The molecule has 4 heteroatoms. The highest BCUT2D eigenvalue weighted by molar-refractivity contribution is 5.83. The van der Waals surface area contributed by atoms with Crippen molar-refractivity contribution < 1.29 is 5.11 Å². The van der Waals surface area contributed by atoms with Gasteiger partial charge >= 0.3 is 0 Å². The molecule has 0 spiro atoms. The number of rotatable bonds is 3. The van der Waals surface area contributed by atoms with Crippen LogP contribution in [0.15, 0.2) is 18.2 Å². The van der Waals surface area contributed by atoms with Gasteiger partial charge in [-0.1, -0.05) is 12.2 Å². The van der Waals surface area contributed by atoms with Crippen molar-refractivity contribution in [2.45, 2.75) is 0 Å². The second-order valence-corrected chi connectivity index (χ2v) is 3.46. The van der Waals surface area contributed by atoms with Gasteiger partial charge in [-0.15, -0.1) is 0 Å². The molecular weight excluding hydrogens is 190 g/mol. The van der Waals surface area contributed by atoms with Crippen molar-refractivity contribution in [3.63, 3.8) is 0 Å². The zero-order valence-electron chi connectivity index (χ0n) is 8.46. The third-order valence-electron chi connectivity index (χ3n) is 2.31. The molecule has 1 aliphatic heterocycles. The average molecular weight is 205 g/mol. The molecule has 0 atom stereocenters. The summed E-state index contributed by atoms with van der Waals surface area (Å²) in [4.78, 5) is 0. The molecule has 0 aliphatic carbocycles. The van der Waals surface area contributed by atoms with Crippen molar-refractivity contribution in [1.29, 1.82) is 0 Å². The number of fused-ring (bicyclic) bond motifs is 1. The summed E-state index contributed by atoms with van der Waals surface area (Å²) in [7, 11) is 0. The fourth-order valence-electron chi connectivity index (χ4n) is 1.67. The Morgan fingerprint density at radius 1 is 1.47 bits per heavy atom. The molecule has 1 aliphatic rings. The number of phenols is 1. The predicted molar refractivity (Wildman–Crippen MR) is 63.2 cm³/mol. The molecule has 0 saturated heterocycles. The number of phenolic OH excluding ortho intramolecular Hbond substituents is 1. The topological polar surface area (TPSA) is 70.3 Å². The lowest BCUT2D eigenvalue weighted by Gasteiger charge is -2.18. The number of nitrogens with two attached hydrogens (primary N) is 1. The molecular formula is C11H15N3O. The van der Waals surface area contributed by atoms with E-state index in [1.54, 1.807) is 12.1 Å². The zero-order chi connectivity index (χ0) is 10.7. The van der Waals surface area contributed by atoms with Gasteiger partial charge in [-0.3, -0.25) is 0 Å². The van der Waals surface area contributed by atoms with E-state index in [0.29, 0.717) is 13.1 Å². The molecule has 0 amide bonds. The molecule has 0 unspecified atom stereocenters. The highest BCUT2D eigenvalue weighted by Crippen LogP contribution is 2.33. The normalized spacial score (nSPS) is 13.1. The number of anilines is 2. The second kappa shape index (κ2) is 4.23.